The van der Waals surface area contributed by atoms with Crippen molar-refractivity contribution in [1.82, 2.24) is 5.43 Å². The van der Waals surface area contributed by atoms with Crippen molar-refractivity contribution < 1.29 is 9.53 Å². The number of hydrogen-bond donors (Lipinski definition) is 3. The zero-order chi connectivity index (χ0) is 12.5. The fraction of sp³-hybridized carbons (Fsp3) is 0.444. The van der Waals surface area contributed by atoms with E-state index < -0.39 is 11.5 Å². The molecule has 1 rings (SSSR count). The van der Waals surface area contributed by atoms with Gasteiger partial charge in [0.05, 0.1) is 0 Å². The summed E-state index contributed by atoms with van der Waals surface area (Å²) in [5.41, 5.74) is 13.2. The van der Waals surface area contributed by atoms with Gasteiger partial charge in [0, 0.05) is 0 Å². The molecule has 0 bridgehead atoms. The minimum absolute atomic E-state index is 0.0118. The Bertz CT molecular complexity index is 412. The molecular formula is C9H14N4O2S. The molecular weight excluding hydrogens is 228 g/mol. The number of primary amides is 1. The molecule has 0 aliphatic carbocycles. The molecule has 0 saturated carbocycles. The Morgan fingerprint density at radius 1 is 1.50 bits per heavy atom. The minimum atomic E-state index is -0.610. The first-order chi connectivity index (χ1) is 7.25. The highest BCUT2D eigenvalue weighted by Gasteiger charge is 2.38. The maximum Gasteiger partial charge on any atom is 0.254 e. The summed E-state index contributed by atoms with van der Waals surface area (Å²) in [5.74, 6) is -0.477. The number of thiocarbonyl (C=S) groups is 1. The van der Waals surface area contributed by atoms with Gasteiger partial charge in [-0.3, -0.25) is 10.2 Å². The van der Waals surface area contributed by atoms with E-state index in [9.17, 15) is 4.79 Å². The number of nitrogens with one attached hydrogen (secondary N) is 1. The molecule has 1 amide bonds. The van der Waals surface area contributed by atoms with Gasteiger partial charge >= 0.3 is 0 Å². The molecule has 0 aromatic heterocycles. The van der Waals surface area contributed by atoms with Gasteiger partial charge in [0.1, 0.15) is 11.2 Å². The lowest BCUT2D eigenvalue weighted by Gasteiger charge is -2.19. The van der Waals surface area contributed by atoms with Crippen LogP contribution >= 0.6 is 12.2 Å². The van der Waals surface area contributed by atoms with Gasteiger partial charge in [-0.1, -0.05) is 0 Å². The summed E-state index contributed by atoms with van der Waals surface area (Å²) < 4.78 is 5.48. The standard InChI is InChI=1S/C9H14N4O2S/c1-4-5(6(10)14)7(12-13-8(11)16)15-9(4,2)3/h1-3H3,(H2,10,14)(H3,11,13,16). The Kier molecular flexibility index (Phi) is 3.18. The largest absolute Gasteiger partial charge is 0.465 e. The summed E-state index contributed by atoms with van der Waals surface area (Å²) in [5, 5.41) is 3.78. The molecule has 1 heterocycles. The first kappa shape index (κ1) is 12.4. The van der Waals surface area contributed by atoms with Crippen LogP contribution < -0.4 is 16.9 Å². The Labute approximate surface area is 98.7 Å². The van der Waals surface area contributed by atoms with Crippen LogP contribution in [0.5, 0.6) is 0 Å². The predicted molar refractivity (Wildman–Crippen MR) is 64.4 cm³/mol. The number of hydrazone groups is 1. The normalized spacial score (nSPS) is 20.8. The second-order valence-electron chi connectivity index (χ2n) is 3.87. The molecule has 1 aliphatic heterocycles. The molecule has 0 unspecified atom stereocenters. The van der Waals surface area contributed by atoms with E-state index in [-0.39, 0.29) is 16.6 Å². The van der Waals surface area contributed by atoms with Crippen molar-refractivity contribution in [3.05, 3.63) is 11.1 Å². The van der Waals surface area contributed by atoms with Gasteiger partial charge in [0.2, 0.25) is 5.90 Å². The zero-order valence-corrected chi connectivity index (χ0v) is 10.1. The Hall–Kier alpha value is -1.63. The average Bonchev–Trinajstić information content (AvgIpc) is 2.34. The van der Waals surface area contributed by atoms with E-state index in [2.05, 4.69) is 22.7 Å². The fourth-order valence-corrected chi connectivity index (χ4v) is 1.35. The van der Waals surface area contributed by atoms with E-state index in [0.717, 1.165) is 5.57 Å². The van der Waals surface area contributed by atoms with E-state index in [4.69, 9.17) is 16.2 Å². The molecule has 0 radical (unpaired) electrons. The van der Waals surface area contributed by atoms with Crippen molar-refractivity contribution in [3.8, 4) is 0 Å². The first-order valence-electron chi connectivity index (χ1n) is 4.59. The van der Waals surface area contributed by atoms with E-state index in [1.54, 1.807) is 6.92 Å². The summed E-state index contributed by atoms with van der Waals surface area (Å²) in [4.78, 5) is 11.3. The molecule has 0 fully saturated rings. The topological polar surface area (TPSA) is 103 Å². The van der Waals surface area contributed by atoms with Crippen molar-refractivity contribution in [2.75, 3.05) is 0 Å². The van der Waals surface area contributed by atoms with Crippen molar-refractivity contribution >= 4 is 29.1 Å². The summed E-state index contributed by atoms with van der Waals surface area (Å²) in [6, 6.07) is 0. The summed E-state index contributed by atoms with van der Waals surface area (Å²) in [6.45, 7) is 5.40. The average molecular weight is 242 g/mol. The molecule has 88 valence electrons. The third-order valence-corrected chi connectivity index (χ3v) is 2.45. The predicted octanol–water partition coefficient (Wildman–Crippen LogP) is -0.256. The SMILES string of the molecule is CC1=C(C(N)=O)C(=NNC(N)=S)OC1(C)C. The van der Waals surface area contributed by atoms with Crippen LogP contribution in [-0.4, -0.2) is 22.5 Å². The van der Waals surface area contributed by atoms with Crippen LogP contribution in [-0.2, 0) is 9.53 Å². The third-order valence-electron chi connectivity index (χ3n) is 2.36. The molecule has 6 nitrogen and oxygen atoms in total. The number of carbonyl (C=O) groups excluding carboxylic acids is 1. The minimum Gasteiger partial charge on any atom is -0.465 e. The van der Waals surface area contributed by atoms with E-state index >= 15 is 0 Å². The van der Waals surface area contributed by atoms with Gasteiger partial charge in [-0.15, -0.1) is 5.10 Å². The maximum atomic E-state index is 11.3. The quantitative estimate of drug-likeness (QED) is 0.457. The van der Waals surface area contributed by atoms with Crippen molar-refractivity contribution in [2.24, 2.45) is 16.6 Å². The molecule has 0 atom stereocenters. The van der Waals surface area contributed by atoms with Crippen LogP contribution in [0.2, 0.25) is 0 Å². The maximum absolute atomic E-state index is 11.3. The van der Waals surface area contributed by atoms with E-state index in [1.165, 1.54) is 0 Å². The van der Waals surface area contributed by atoms with Gasteiger partial charge in [0.15, 0.2) is 5.11 Å². The number of nitrogens with zero attached hydrogens (tertiary/aromatic N) is 1. The Morgan fingerprint density at radius 2 is 2.06 bits per heavy atom. The first-order valence-corrected chi connectivity index (χ1v) is 5.00. The van der Waals surface area contributed by atoms with Gasteiger partial charge in [-0.25, -0.2) is 0 Å². The second-order valence-corrected chi connectivity index (χ2v) is 4.31. The number of ether oxygens (including phenoxy) is 1. The summed E-state index contributed by atoms with van der Waals surface area (Å²) in [7, 11) is 0. The molecule has 0 aromatic rings. The Balaban J connectivity index is 3.11. The number of nitrogens with two attached hydrogens (primary N) is 2. The molecule has 0 spiro atoms. The fourth-order valence-electron chi connectivity index (χ4n) is 1.31. The third kappa shape index (κ3) is 2.30. The number of carbonyl (C=O) groups is 1. The monoisotopic (exact) mass is 242 g/mol. The van der Waals surface area contributed by atoms with Crippen molar-refractivity contribution in [2.45, 2.75) is 26.4 Å². The highest BCUT2D eigenvalue weighted by atomic mass is 32.1. The zero-order valence-electron chi connectivity index (χ0n) is 9.33. The van der Waals surface area contributed by atoms with Crippen molar-refractivity contribution in [3.63, 3.8) is 0 Å². The molecule has 5 N–H and O–H groups in total. The van der Waals surface area contributed by atoms with Crippen LogP contribution in [0.15, 0.2) is 16.2 Å². The van der Waals surface area contributed by atoms with Gasteiger partial charge in [0.25, 0.3) is 5.91 Å². The van der Waals surface area contributed by atoms with Crippen LogP contribution in [0, 0.1) is 0 Å². The molecule has 0 aromatic carbocycles. The summed E-state index contributed by atoms with van der Waals surface area (Å²) >= 11 is 4.59. The lowest BCUT2D eigenvalue weighted by atomic mass is 9.97. The van der Waals surface area contributed by atoms with Crippen LogP contribution in [0.25, 0.3) is 0 Å². The van der Waals surface area contributed by atoms with E-state index in [0.29, 0.717) is 0 Å². The molecule has 0 saturated heterocycles. The van der Waals surface area contributed by atoms with Gasteiger partial charge in [-0.05, 0) is 38.6 Å². The second kappa shape index (κ2) is 4.09. The lowest BCUT2D eigenvalue weighted by molar-refractivity contribution is -0.114. The van der Waals surface area contributed by atoms with Gasteiger partial charge < -0.3 is 16.2 Å². The lowest BCUT2D eigenvalue weighted by Crippen LogP contribution is -2.28. The highest BCUT2D eigenvalue weighted by Crippen LogP contribution is 2.32. The number of amides is 1. The Morgan fingerprint density at radius 3 is 2.50 bits per heavy atom. The highest BCUT2D eigenvalue weighted by molar-refractivity contribution is 7.80. The van der Waals surface area contributed by atoms with Crippen LogP contribution in [0.1, 0.15) is 20.8 Å². The number of hydrogen-bond acceptors (Lipinski definition) is 4. The molecule has 16 heavy (non-hydrogen) atoms. The van der Waals surface area contributed by atoms with Crippen LogP contribution in [0.3, 0.4) is 0 Å². The number of rotatable bonds is 2. The molecule has 7 heteroatoms. The smallest absolute Gasteiger partial charge is 0.254 e. The molecule has 1 aliphatic rings. The van der Waals surface area contributed by atoms with Crippen LogP contribution in [0.4, 0.5) is 0 Å². The van der Waals surface area contributed by atoms with Crippen molar-refractivity contribution in [1.29, 1.82) is 0 Å². The summed E-state index contributed by atoms with van der Waals surface area (Å²) in [6.07, 6.45) is 0. The van der Waals surface area contributed by atoms with E-state index in [1.807, 2.05) is 13.8 Å². The van der Waals surface area contributed by atoms with Gasteiger partial charge in [-0.2, -0.15) is 0 Å².